The molecular weight excluding hydrogens is 260 g/mol. The summed E-state index contributed by atoms with van der Waals surface area (Å²) in [7, 11) is 0. The molecule has 0 heterocycles. The van der Waals surface area contributed by atoms with Crippen molar-refractivity contribution in [2.24, 2.45) is 0 Å². The normalized spacial score (nSPS) is 13.2. The largest absolute Gasteiger partial charge is 0.289 e. The van der Waals surface area contributed by atoms with Gasteiger partial charge in [-0.05, 0) is 62.9 Å². The quantitative estimate of drug-likeness (QED) is 0.622. The van der Waals surface area contributed by atoms with Crippen molar-refractivity contribution < 1.29 is 9.59 Å². The summed E-state index contributed by atoms with van der Waals surface area (Å²) < 4.78 is 0. The zero-order valence-corrected chi connectivity index (χ0v) is 13.0. The van der Waals surface area contributed by atoms with Crippen molar-refractivity contribution in [1.29, 1.82) is 0 Å². The van der Waals surface area contributed by atoms with E-state index >= 15 is 0 Å². The zero-order chi connectivity index (χ0) is 15.5. The molecule has 0 atom stereocenters. The summed E-state index contributed by atoms with van der Waals surface area (Å²) in [5.41, 5.74) is 7.06. The van der Waals surface area contributed by atoms with Crippen molar-refractivity contribution >= 4 is 11.6 Å². The third-order valence-corrected chi connectivity index (χ3v) is 4.45. The summed E-state index contributed by atoms with van der Waals surface area (Å²) in [5.74, 6) is -0.0339. The van der Waals surface area contributed by atoms with Crippen molar-refractivity contribution in [2.45, 2.75) is 34.6 Å². The fraction of sp³-hybridized carbons (Fsp3) is 0.263. The van der Waals surface area contributed by atoms with Gasteiger partial charge in [-0.25, -0.2) is 0 Å². The molecule has 2 aromatic rings. The molecule has 2 aromatic carbocycles. The predicted molar refractivity (Wildman–Crippen MR) is 83.4 cm³/mol. The van der Waals surface area contributed by atoms with E-state index in [0.717, 1.165) is 27.8 Å². The van der Waals surface area contributed by atoms with Crippen molar-refractivity contribution in [1.82, 2.24) is 0 Å². The number of ketones is 2. The first kappa shape index (κ1) is 13.7. The standard InChI is InChI=1S/C19H18O2/c1-9-6-11(3)15-14(7-9)18(20)17-13(5)10(2)8-12(4)16(17)19(15)21/h6-8H,1-5H3. The maximum absolute atomic E-state index is 12.9. The van der Waals surface area contributed by atoms with Crippen LogP contribution in [0.25, 0.3) is 0 Å². The van der Waals surface area contributed by atoms with Crippen LogP contribution in [0.2, 0.25) is 0 Å². The first-order valence-corrected chi connectivity index (χ1v) is 7.14. The fourth-order valence-electron chi connectivity index (χ4n) is 3.37. The van der Waals surface area contributed by atoms with Crippen LogP contribution < -0.4 is 0 Å². The lowest BCUT2D eigenvalue weighted by atomic mass is 9.77. The smallest absolute Gasteiger partial charge is 0.195 e. The number of rotatable bonds is 0. The van der Waals surface area contributed by atoms with Gasteiger partial charge in [-0.1, -0.05) is 17.7 Å². The van der Waals surface area contributed by atoms with Crippen LogP contribution in [0.4, 0.5) is 0 Å². The van der Waals surface area contributed by atoms with Crippen LogP contribution >= 0.6 is 0 Å². The van der Waals surface area contributed by atoms with Crippen molar-refractivity contribution in [3.63, 3.8) is 0 Å². The molecule has 1 aliphatic carbocycles. The second-order valence-electron chi connectivity index (χ2n) is 6.05. The topological polar surface area (TPSA) is 34.1 Å². The molecule has 0 bridgehead atoms. The highest BCUT2D eigenvalue weighted by Gasteiger charge is 2.33. The molecule has 0 N–H and O–H groups in total. The van der Waals surface area contributed by atoms with E-state index in [-0.39, 0.29) is 11.6 Å². The minimum absolute atomic E-state index is 0.0160. The van der Waals surface area contributed by atoms with Gasteiger partial charge < -0.3 is 0 Å². The van der Waals surface area contributed by atoms with E-state index in [4.69, 9.17) is 0 Å². The Labute approximate surface area is 124 Å². The summed E-state index contributed by atoms with van der Waals surface area (Å²) >= 11 is 0. The molecule has 3 rings (SSSR count). The molecule has 0 spiro atoms. The van der Waals surface area contributed by atoms with Gasteiger partial charge >= 0.3 is 0 Å². The maximum atomic E-state index is 12.9. The van der Waals surface area contributed by atoms with E-state index in [1.807, 2.05) is 52.8 Å². The van der Waals surface area contributed by atoms with Gasteiger partial charge in [0.2, 0.25) is 0 Å². The second-order valence-corrected chi connectivity index (χ2v) is 6.05. The Kier molecular flexibility index (Phi) is 2.87. The first-order chi connectivity index (χ1) is 9.82. The molecule has 0 radical (unpaired) electrons. The van der Waals surface area contributed by atoms with E-state index in [9.17, 15) is 9.59 Å². The average molecular weight is 278 g/mol. The molecule has 0 fully saturated rings. The number of hydrogen-bond acceptors (Lipinski definition) is 2. The molecule has 0 saturated heterocycles. The zero-order valence-electron chi connectivity index (χ0n) is 13.0. The SMILES string of the molecule is Cc1cc(C)c2c(c1)C(=O)c1c(C)c(C)cc(C)c1C2=O. The van der Waals surface area contributed by atoms with E-state index in [1.54, 1.807) is 0 Å². The Balaban J connectivity index is 2.44. The summed E-state index contributed by atoms with van der Waals surface area (Å²) in [5, 5.41) is 0. The van der Waals surface area contributed by atoms with E-state index in [1.165, 1.54) is 0 Å². The molecule has 21 heavy (non-hydrogen) atoms. The molecular formula is C19H18O2. The summed E-state index contributed by atoms with van der Waals surface area (Å²) in [4.78, 5) is 25.8. The molecule has 2 nitrogen and oxygen atoms in total. The van der Waals surface area contributed by atoms with E-state index in [0.29, 0.717) is 22.3 Å². The molecule has 0 aromatic heterocycles. The maximum Gasteiger partial charge on any atom is 0.195 e. The summed E-state index contributed by atoms with van der Waals surface area (Å²) in [6, 6.07) is 5.79. The average Bonchev–Trinajstić information content (AvgIpc) is 2.39. The van der Waals surface area contributed by atoms with Crippen molar-refractivity contribution in [3.05, 3.63) is 68.3 Å². The Hall–Kier alpha value is -2.22. The van der Waals surface area contributed by atoms with E-state index < -0.39 is 0 Å². The lowest BCUT2D eigenvalue weighted by Crippen LogP contribution is -2.25. The van der Waals surface area contributed by atoms with Gasteiger partial charge in [0.1, 0.15) is 0 Å². The van der Waals surface area contributed by atoms with Gasteiger partial charge in [0.15, 0.2) is 11.6 Å². The summed E-state index contributed by atoms with van der Waals surface area (Å²) in [6.45, 7) is 9.67. The highest BCUT2D eigenvalue weighted by Crippen LogP contribution is 2.34. The van der Waals surface area contributed by atoms with Gasteiger partial charge in [-0.15, -0.1) is 0 Å². The fourth-order valence-corrected chi connectivity index (χ4v) is 3.37. The summed E-state index contributed by atoms with van der Waals surface area (Å²) in [6.07, 6.45) is 0. The van der Waals surface area contributed by atoms with Gasteiger partial charge in [-0.2, -0.15) is 0 Å². The lowest BCUT2D eigenvalue weighted by Gasteiger charge is -2.24. The second kappa shape index (κ2) is 4.39. The number of hydrogen-bond donors (Lipinski definition) is 0. The number of fused-ring (bicyclic) bond motifs is 2. The van der Waals surface area contributed by atoms with Crippen LogP contribution in [-0.4, -0.2) is 11.6 Å². The van der Waals surface area contributed by atoms with Gasteiger partial charge in [0.05, 0.1) is 0 Å². The van der Waals surface area contributed by atoms with Crippen LogP contribution in [-0.2, 0) is 0 Å². The minimum Gasteiger partial charge on any atom is -0.289 e. The Morgan fingerprint density at radius 2 is 1.24 bits per heavy atom. The highest BCUT2D eigenvalue weighted by atomic mass is 16.1. The minimum atomic E-state index is -0.0179. The number of carbonyl (C=O) groups excluding carboxylic acids is 2. The third-order valence-electron chi connectivity index (χ3n) is 4.45. The number of aryl methyl sites for hydroxylation is 4. The lowest BCUT2D eigenvalue weighted by molar-refractivity contribution is 0.0977. The van der Waals surface area contributed by atoms with Crippen LogP contribution in [0, 0.1) is 34.6 Å². The molecule has 106 valence electrons. The van der Waals surface area contributed by atoms with Gasteiger partial charge in [-0.3, -0.25) is 9.59 Å². The monoisotopic (exact) mass is 278 g/mol. The molecule has 0 aliphatic heterocycles. The van der Waals surface area contributed by atoms with Crippen LogP contribution in [0.5, 0.6) is 0 Å². The Bertz CT molecular complexity index is 826. The molecule has 0 amide bonds. The predicted octanol–water partition coefficient (Wildman–Crippen LogP) is 4.00. The van der Waals surface area contributed by atoms with Crippen LogP contribution in [0.1, 0.15) is 59.7 Å². The van der Waals surface area contributed by atoms with Gasteiger partial charge in [0, 0.05) is 22.3 Å². The number of carbonyl (C=O) groups is 2. The first-order valence-electron chi connectivity index (χ1n) is 7.14. The van der Waals surface area contributed by atoms with Gasteiger partial charge in [0.25, 0.3) is 0 Å². The van der Waals surface area contributed by atoms with Crippen molar-refractivity contribution in [2.75, 3.05) is 0 Å². The third kappa shape index (κ3) is 1.79. The molecule has 0 saturated carbocycles. The van der Waals surface area contributed by atoms with Crippen LogP contribution in [0.15, 0.2) is 18.2 Å². The molecule has 2 heteroatoms. The Morgan fingerprint density at radius 3 is 1.90 bits per heavy atom. The number of benzene rings is 2. The molecule has 0 unspecified atom stereocenters. The highest BCUT2D eigenvalue weighted by molar-refractivity contribution is 6.30. The van der Waals surface area contributed by atoms with Crippen LogP contribution in [0.3, 0.4) is 0 Å². The molecule has 1 aliphatic rings. The van der Waals surface area contributed by atoms with Crippen molar-refractivity contribution in [3.8, 4) is 0 Å². The van der Waals surface area contributed by atoms with E-state index in [2.05, 4.69) is 0 Å². The Morgan fingerprint density at radius 1 is 0.619 bits per heavy atom.